The third-order valence-electron chi connectivity index (χ3n) is 2.65. The molecule has 1 aromatic rings. The topological polar surface area (TPSA) is 26.0 Å². The number of rotatable bonds is 3. The third kappa shape index (κ3) is 1.85. The van der Waals surface area contributed by atoms with Crippen molar-refractivity contribution >= 4 is 5.69 Å². The van der Waals surface area contributed by atoms with E-state index in [0.29, 0.717) is 0 Å². The first kappa shape index (κ1) is 10.1. The van der Waals surface area contributed by atoms with Crippen LogP contribution in [0.2, 0.25) is 0 Å². The molecule has 0 aliphatic heterocycles. The molecule has 72 valence electrons. The summed E-state index contributed by atoms with van der Waals surface area (Å²) in [6.45, 7) is 6.57. The monoisotopic (exact) mass is 177 g/mol. The number of hydrogen-bond donors (Lipinski definition) is 1. The average molecular weight is 177 g/mol. The minimum atomic E-state index is 0.955. The Bertz CT molecular complexity index is 289. The van der Waals surface area contributed by atoms with Crippen molar-refractivity contribution in [2.75, 3.05) is 5.73 Å². The fourth-order valence-electron chi connectivity index (χ4n) is 1.95. The summed E-state index contributed by atoms with van der Waals surface area (Å²) in [4.78, 5) is 0. The molecule has 0 fully saturated rings. The first-order valence-corrected chi connectivity index (χ1v) is 5.13. The molecule has 0 aromatic heterocycles. The quantitative estimate of drug-likeness (QED) is 0.706. The molecule has 0 saturated carbocycles. The lowest BCUT2D eigenvalue weighted by atomic mass is 9.94. The van der Waals surface area contributed by atoms with Crippen molar-refractivity contribution in [3.05, 3.63) is 28.8 Å². The third-order valence-corrected chi connectivity index (χ3v) is 2.65. The molecule has 13 heavy (non-hydrogen) atoms. The Balaban J connectivity index is 3.27. The summed E-state index contributed by atoms with van der Waals surface area (Å²) in [6, 6.07) is 4.20. The van der Waals surface area contributed by atoms with Gasteiger partial charge in [-0.25, -0.2) is 0 Å². The number of anilines is 1. The highest BCUT2D eigenvalue weighted by Gasteiger charge is 2.06. The van der Waals surface area contributed by atoms with E-state index < -0.39 is 0 Å². The number of benzene rings is 1. The minimum Gasteiger partial charge on any atom is -0.398 e. The van der Waals surface area contributed by atoms with Crippen molar-refractivity contribution in [1.29, 1.82) is 0 Å². The van der Waals surface area contributed by atoms with Crippen LogP contribution in [0.15, 0.2) is 12.1 Å². The maximum Gasteiger partial charge on any atom is 0.0349 e. The molecule has 0 spiro atoms. The Morgan fingerprint density at radius 3 is 2.00 bits per heavy atom. The van der Waals surface area contributed by atoms with E-state index in [9.17, 15) is 0 Å². The van der Waals surface area contributed by atoms with Crippen molar-refractivity contribution < 1.29 is 0 Å². The van der Waals surface area contributed by atoms with E-state index in [-0.39, 0.29) is 0 Å². The lowest BCUT2D eigenvalue weighted by molar-refractivity contribution is 0.984. The van der Waals surface area contributed by atoms with Gasteiger partial charge in [-0.1, -0.05) is 26.8 Å². The van der Waals surface area contributed by atoms with Gasteiger partial charge in [0.1, 0.15) is 0 Å². The van der Waals surface area contributed by atoms with Gasteiger partial charge in [-0.05, 0) is 42.0 Å². The van der Waals surface area contributed by atoms with E-state index in [4.69, 9.17) is 5.73 Å². The van der Waals surface area contributed by atoms with Crippen LogP contribution in [-0.2, 0) is 19.3 Å². The molecule has 0 atom stereocenters. The van der Waals surface area contributed by atoms with Gasteiger partial charge in [0.15, 0.2) is 0 Å². The van der Waals surface area contributed by atoms with Crippen LogP contribution in [0, 0.1) is 0 Å². The van der Waals surface area contributed by atoms with Crippen LogP contribution >= 0.6 is 0 Å². The minimum absolute atomic E-state index is 0.955. The van der Waals surface area contributed by atoms with Crippen LogP contribution in [0.25, 0.3) is 0 Å². The number of hydrogen-bond acceptors (Lipinski definition) is 1. The summed E-state index contributed by atoms with van der Waals surface area (Å²) in [6.07, 6.45) is 3.25. The molecule has 1 nitrogen and oxygen atoms in total. The molecule has 2 N–H and O–H groups in total. The molecular weight excluding hydrogens is 158 g/mol. The number of nitrogen functional groups attached to an aromatic ring is 1. The molecule has 1 aromatic carbocycles. The van der Waals surface area contributed by atoms with E-state index in [1.54, 1.807) is 0 Å². The van der Waals surface area contributed by atoms with Crippen LogP contribution in [0.5, 0.6) is 0 Å². The highest BCUT2D eigenvalue weighted by molar-refractivity contribution is 5.54. The molecule has 0 saturated heterocycles. The molecule has 0 aliphatic rings. The zero-order chi connectivity index (χ0) is 9.84. The molecule has 0 heterocycles. The van der Waals surface area contributed by atoms with Gasteiger partial charge in [0, 0.05) is 5.69 Å². The summed E-state index contributed by atoms with van der Waals surface area (Å²) in [5.74, 6) is 0. The van der Waals surface area contributed by atoms with Crippen molar-refractivity contribution in [2.24, 2.45) is 0 Å². The van der Waals surface area contributed by atoms with Gasteiger partial charge in [0.25, 0.3) is 0 Å². The van der Waals surface area contributed by atoms with Gasteiger partial charge in [0.05, 0.1) is 0 Å². The summed E-state index contributed by atoms with van der Waals surface area (Å²) in [5.41, 5.74) is 11.2. The zero-order valence-electron chi connectivity index (χ0n) is 8.85. The van der Waals surface area contributed by atoms with E-state index in [2.05, 4.69) is 26.8 Å². The normalized spacial score (nSPS) is 10.4. The molecule has 0 amide bonds. The predicted octanol–water partition coefficient (Wildman–Crippen LogP) is 2.96. The summed E-state index contributed by atoms with van der Waals surface area (Å²) >= 11 is 0. The average Bonchev–Trinajstić information content (AvgIpc) is 2.17. The van der Waals surface area contributed by atoms with Crippen molar-refractivity contribution in [1.82, 2.24) is 0 Å². The Labute approximate surface area is 81.0 Å². The van der Waals surface area contributed by atoms with E-state index in [0.717, 1.165) is 24.9 Å². The zero-order valence-corrected chi connectivity index (χ0v) is 8.85. The van der Waals surface area contributed by atoms with Crippen LogP contribution in [0.3, 0.4) is 0 Å². The van der Waals surface area contributed by atoms with Gasteiger partial charge < -0.3 is 5.73 Å². The molecule has 1 rings (SSSR count). The Kier molecular flexibility index (Phi) is 3.35. The highest BCUT2D eigenvalue weighted by atomic mass is 14.6. The Hall–Kier alpha value is -0.980. The number of aryl methyl sites for hydroxylation is 1. The van der Waals surface area contributed by atoms with E-state index >= 15 is 0 Å². The summed E-state index contributed by atoms with van der Waals surface area (Å²) in [7, 11) is 0. The molecule has 0 aliphatic carbocycles. The lowest BCUT2D eigenvalue weighted by Gasteiger charge is -2.13. The fraction of sp³-hybridized carbons (Fsp3) is 0.500. The summed E-state index contributed by atoms with van der Waals surface area (Å²) < 4.78 is 0. The smallest absolute Gasteiger partial charge is 0.0349 e. The molecule has 0 bridgehead atoms. The first-order chi connectivity index (χ1) is 6.24. The molecular formula is C12H19N. The van der Waals surface area contributed by atoms with Gasteiger partial charge in [-0.3, -0.25) is 0 Å². The second-order valence-electron chi connectivity index (χ2n) is 3.33. The van der Waals surface area contributed by atoms with Gasteiger partial charge in [-0.15, -0.1) is 0 Å². The van der Waals surface area contributed by atoms with Crippen molar-refractivity contribution in [2.45, 2.75) is 40.0 Å². The summed E-state index contributed by atoms with van der Waals surface area (Å²) in [5, 5.41) is 0. The van der Waals surface area contributed by atoms with Crippen molar-refractivity contribution in [3.63, 3.8) is 0 Å². The van der Waals surface area contributed by atoms with Gasteiger partial charge in [0.2, 0.25) is 0 Å². The Morgan fingerprint density at radius 2 is 1.54 bits per heavy atom. The lowest BCUT2D eigenvalue weighted by Crippen LogP contribution is -2.02. The molecule has 0 unspecified atom stereocenters. The molecule has 0 radical (unpaired) electrons. The van der Waals surface area contributed by atoms with Crippen molar-refractivity contribution in [3.8, 4) is 0 Å². The van der Waals surface area contributed by atoms with Crippen LogP contribution in [0.4, 0.5) is 5.69 Å². The second-order valence-corrected chi connectivity index (χ2v) is 3.33. The fourth-order valence-corrected chi connectivity index (χ4v) is 1.95. The van der Waals surface area contributed by atoms with Gasteiger partial charge >= 0.3 is 0 Å². The van der Waals surface area contributed by atoms with E-state index in [1.165, 1.54) is 16.7 Å². The highest BCUT2D eigenvalue weighted by Crippen LogP contribution is 2.22. The standard InChI is InChI=1S/C12H19N/c1-4-9-7-8-12(13)11(6-3)10(9)5-2/h7-8H,4-6,13H2,1-3H3. The first-order valence-electron chi connectivity index (χ1n) is 5.13. The molecule has 1 heteroatoms. The van der Waals surface area contributed by atoms with Gasteiger partial charge in [-0.2, -0.15) is 0 Å². The Morgan fingerprint density at radius 1 is 0.923 bits per heavy atom. The van der Waals surface area contributed by atoms with E-state index in [1.807, 2.05) is 6.07 Å². The van der Waals surface area contributed by atoms with Crippen LogP contribution in [0.1, 0.15) is 37.5 Å². The number of nitrogens with two attached hydrogens (primary N) is 1. The van der Waals surface area contributed by atoms with Crippen LogP contribution in [-0.4, -0.2) is 0 Å². The van der Waals surface area contributed by atoms with Crippen LogP contribution < -0.4 is 5.73 Å². The maximum absolute atomic E-state index is 5.93. The maximum atomic E-state index is 5.93. The second kappa shape index (κ2) is 4.31. The predicted molar refractivity (Wildman–Crippen MR) is 59.0 cm³/mol. The SMILES string of the molecule is CCc1ccc(N)c(CC)c1CC. The largest absolute Gasteiger partial charge is 0.398 e.